The van der Waals surface area contributed by atoms with Crippen LogP contribution in [0.3, 0.4) is 0 Å². The Labute approximate surface area is 106 Å². The number of aromatic carboxylic acids is 1. The third kappa shape index (κ3) is 2.97. The predicted molar refractivity (Wildman–Crippen MR) is 68.0 cm³/mol. The van der Waals surface area contributed by atoms with Crippen LogP contribution in [-0.4, -0.2) is 42.6 Å². The van der Waals surface area contributed by atoms with E-state index < -0.39 is 5.97 Å². The van der Waals surface area contributed by atoms with Crippen molar-refractivity contribution in [3.05, 3.63) is 22.9 Å². The molecule has 98 valence electrons. The molecule has 1 aromatic heterocycles. The molecule has 0 radical (unpaired) electrons. The number of likely N-dealkylation sites (N-methyl/N-ethyl adjacent to an activating group) is 2. The minimum Gasteiger partial charge on any atom is -0.478 e. The quantitative estimate of drug-likeness (QED) is 0.818. The zero-order valence-electron chi connectivity index (χ0n) is 10.9. The number of pyridine rings is 1. The van der Waals surface area contributed by atoms with Gasteiger partial charge >= 0.3 is 5.97 Å². The summed E-state index contributed by atoms with van der Waals surface area (Å²) in [7, 11) is 3.17. The molecule has 0 atom stereocenters. The van der Waals surface area contributed by atoms with Crippen molar-refractivity contribution in [3.8, 4) is 0 Å². The average Bonchev–Trinajstić information content (AvgIpc) is 2.26. The zero-order valence-corrected chi connectivity index (χ0v) is 10.9. The standard InChI is InChI=1S/C12H17N3O3/c1-7-5-8(2)14-11(10(7)12(17)18)15(4)6-9(16)13-3/h5H,6H2,1-4H3,(H,13,16)(H,17,18). The molecule has 1 amide bonds. The summed E-state index contributed by atoms with van der Waals surface area (Å²) < 4.78 is 0. The molecule has 0 aliphatic carbocycles. The molecular weight excluding hydrogens is 234 g/mol. The van der Waals surface area contributed by atoms with Crippen LogP contribution in [0.5, 0.6) is 0 Å². The van der Waals surface area contributed by atoms with Crippen molar-refractivity contribution in [1.29, 1.82) is 0 Å². The Balaban J connectivity index is 3.21. The molecule has 1 heterocycles. The number of nitrogens with zero attached hydrogens (tertiary/aromatic N) is 2. The second-order valence-corrected chi connectivity index (χ2v) is 4.11. The Morgan fingerprint density at radius 1 is 1.44 bits per heavy atom. The first-order valence-corrected chi connectivity index (χ1v) is 5.50. The average molecular weight is 251 g/mol. The Morgan fingerprint density at radius 3 is 2.56 bits per heavy atom. The maximum atomic E-state index is 11.3. The van der Waals surface area contributed by atoms with Crippen LogP contribution in [0.15, 0.2) is 6.07 Å². The summed E-state index contributed by atoms with van der Waals surface area (Å²) in [6.07, 6.45) is 0. The van der Waals surface area contributed by atoms with E-state index in [1.165, 1.54) is 11.9 Å². The molecule has 1 rings (SSSR count). The highest BCUT2D eigenvalue weighted by molar-refractivity contribution is 5.95. The number of hydrogen-bond donors (Lipinski definition) is 2. The van der Waals surface area contributed by atoms with Gasteiger partial charge in [0, 0.05) is 19.8 Å². The first kappa shape index (κ1) is 14.0. The van der Waals surface area contributed by atoms with Gasteiger partial charge in [-0.3, -0.25) is 4.79 Å². The Kier molecular flexibility index (Phi) is 4.25. The van der Waals surface area contributed by atoms with E-state index in [1.807, 2.05) is 0 Å². The lowest BCUT2D eigenvalue weighted by Gasteiger charge is -2.20. The van der Waals surface area contributed by atoms with Gasteiger partial charge in [0.2, 0.25) is 5.91 Å². The molecule has 18 heavy (non-hydrogen) atoms. The molecule has 2 N–H and O–H groups in total. The molecule has 0 unspecified atom stereocenters. The molecule has 0 aromatic carbocycles. The van der Waals surface area contributed by atoms with Gasteiger partial charge in [0.05, 0.1) is 6.54 Å². The molecule has 1 aromatic rings. The van der Waals surface area contributed by atoms with Crippen LogP contribution >= 0.6 is 0 Å². The van der Waals surface area contributed by atoms with Crippen LogP contribution in [0.25, 0.3) is 0 Å². The highest BCUT2D eigenvalue weighted by Gasteiger charge is 2.19. The van der Waals surface area contributed by atoms with Crippen molar-refractivity contribution < 1.29 is 14.7 Å². The van der Waals surface area contributed by atoms with Crippen LogP contribution in [-0.2, 0) is 4.79 Å². The van der Waals surface area contributed by atoms with Crippen molar-refractivity contribution in [3.63, 3.8) is 0 Å². The lowest BCUT2D eigenvalue weighted by Crippen LogP contribution is -2.34. The highest BCUT2D eigenvalue weighted by atomic mass is 16.4. The Hall–Kier alpha value is -2.11. The summed E-state index contributed by atoms with van der Waals surface area (Å²) in [4.78, 5) is 28.3. The van der Waals surface area contributed by atoms with Gasteiger partial charge in [-0.05, 0) is 25.5 Å². The number of carboxylic acids is 1. The molecule has 0 saturated carbocycles. The van der Waals surface area contributed by atoms with Gasteiger partial charge in [0.1, 0.15) is 11.4 Å². The van der Waals surface area contributed by atoms with Crippen LogP contribution < -0.4 is 10.2 Å². The Bertz CT molecular complexity index is 486. The number of carboxylic acid groups (broad SMARTS) is 1. The normalized spacial score (nSPS) is 10.0. The number of amides is 1. The number of aromatic nitrogens is 1. The summed E-state index contributed by atoms with van der Waals surface area (Å²) in [5, 5.41) is 11.7. The summed E-state index contributed by atoms with van der Waals surface area (Å²) in [6, 6.07) is 1.71. The van der Waals surface area contributed by atoms with Crippen molar-refractivity contribution in [2.45, 2.75) is 13.8 Å². The van der Waals surface area contributed by atoms with Gasteiger partial charge < -0.3 is 15.3 Å². The van der Waals surface area contributed by atoms with Crippen LogP contribution in [0, 0.1) is 13.8 Å². The molecule has 0 aliphatic rings. The highest BCUT2D eigenvalue weighted by Crippen LogP contribution is 2.21. The number of nitrogens with one attached hydrogen (secondary N) is 1. The first-order valence-electron chi connectivity index (χ1n) is 5.50. The molecule has 0 bridgehead atoms. The minimum absolute atomic E-state index is 0.0622. The number of hydrogen-bond acceptors (Lipinski definition) is 4. The summed E-state index contributed by atoms with van der Waals surface area (Å²) in [5.41, 5.74) is 1.48. The monoisotopic (exact) mass is 251 g/mol. The van der Waals surface area contributed by atoms with E-state index in [4.69, 9.17) is 0 Å². The summed E-state index contributed by atoms with van der Waals surface area (Å²) in [6.45, 7) is 3.57. The summed E-state index contributed by atoms with van der Waals surface area (Å²) >= 11 is 0. The fourth-order valence-electron chi connectivity index (χ4n) is 1.73. The second-order valence-electron chi connectivity index (χ2n) is 4.11. The van der Waals surface area contributed by atoms with Gasteiger partial charge in [-0.1, -0.05) is 0 Å². The van der Waals surface area contributed by atoms with E-state index in [1.54, 1.807) is 27.0 Å². The summed E-state index contributed by atoms with van der Waals surface area (Å²) in [5.74, 6) is -0.933. The number of anilines is 1. The van der Waals surface area contributed by atoms with Crippen molar-refractivity contribution in [2.75, 3.05) is 25.5 Å². The molecule has 0 spiro atoms. The lowest BCUT2D eigenvalue weighted by molar-refractivity contribution is -0.119. The second kappa shape index (κ2) is 5.48. The number of rotatable bonds is 4. The number of carbonyl (C=O) groups is 2. The first-order chi connectivity index (χ1) is 8.36. The van der Waals surface area contributed by atoms with Gasteiger partial charge in [-0.15, -0.1) is 0 Å². The van der Waals surface area contributed by atoms with Crippen LogP contribution in [0.4, 0.5) is 5.82 Å². The fourth-order valence-corrected chi connectivity index (χ4v) is 1.73. The van der Waals surface area contributed by atoms with E-state index in [0.29, 0.717) is 11.4 Å². The maximum absolute atomic E-state index is 11.3. The largest absolute Gasteiger partial charge is 0.478 e. The maximum Gasteiger partial charge on any atom is 0.339 e. The van der Waals surface area contributed by atoms with Crippen molar-refractivity contribution in [1.82, 2.24) is 10.3 Å². The SMILES string of the molecule is CNC(=O)CN(C)c1nc(C)cc(C)c1C(=O)O. The molecule has 0 aliphatic heterocycles. The lowest BCUT2D eigenvalue weighted by atomic mass is 10.1. The van der Waals surface area contributed by atoms with E-state index in [9.17, 15) is 14.7 Å². The van der Waals surface area contributed by atoms with Crippen LogP contribution in [0.2, 0.25) is 0 Å². The fraction of sp³-hybridized carbons (Fsp3) is 0.417. The van der Waals surface area contributed by atoms with E-state index in [0.717, 1.165) is 5.69 Å². The van der Waals surface area contributed by atoms with Crippen molar-refractivity contribution >= 4 is 17.7 Å². The molecule has 6 heteroatoms. The van der Waals surface area contributed by atoms with Gasteiger partial charge in [0.25, 0.3) is 0 Å². The third-order valence-electron chi connectivity index (χ3n) is 2.56. The van der Waals surface area contributed by atoms with Gasteiger partial charge in [-0.25, -0.2) is 9.78 Å². The number of carbonyl (C=O) groups excluding carboxylic acids is 1. The predicted octanol–water partition coefficient (Wildman–Crippen LogP) is 0.579. The molecular formula is C12H17N3O3. The molecule has 0 saturated heterocycles. The topological polar surface area (TPSA) is 82.5 Å². The van der Waals surface area contributed by atoms with E-state index >= 15 is 0 Å². The minimum atomic E-state index is -1.04. The van der Waals surface area contributed by atoms with Crippen molar-refractivity contribution in [2.24, 2.45) is 0 Å². The van der Waals surface area contributed by atoms with Gasteiger partial charge in [-0.2, -0.15) is 0 Å². The van der Waals surface area contributed by atoms with E-state index in [-0.39, 0.29) is 18.0 Å². The van der Waals surface area contributed by atoms with E-state index in [2.05, 4.69) is 10.3 Å². The molecule has 6 nitrogen and oxygen atoms in total. The number of aryl methyl sites for hydroxylation is 2. The Morgan fingerprint density at radius 2 is 2.06 bits per heavy atom. The smallest absolute Gasteiger partial charge is 0.339 e. The molecule has 0 fully saturated rings. The van der Waals surface area contributed by atoms with Gasteiger partial charge in [0.15, 0.2) is 0 Å². The third-order valence-corrected chi connectivity index (χ3v) is 2.56. The van der Waals surface area contributed by atoms with Crippen LogP contribution in [0.1, 0.15) is 21.6 Å². The zero-order chi connectivity index (χ0) is 13.9.